The fourth-order valence-corrected chi connectivity index (χ4v) is 3.26. The van der Waals surface area contributed by atoms with Gasteiger partial charge in [-0.15, -0.1) is 0 Å². The van der Waals surface area contributed by atoms with Crippen LogP contribution in [0.5, 0.6) is 0 Å². The summed E-state index contributed by atoms with van der Waals surface area (Å²) >= 11 is 0. The zero-order valence-electron chi connectivity index (χ0n) is 12.8. The van der Waals surface area contributed by atoms with Gasteiger partial charge in [-0.1, -0.05) is 78.3 Å². The van der Waals surface area contributed by atoms with Crippen LogP contribution < -0.4 is 5.46 Å². The van der Waals surface area contributed by atoms with Gasteiger partial charge in [-0.3, -0.25) is 4.99 Å². The van der Waals surface area contributed by atoms with E-state index in [1.165, 1.54) is 11.1 Å². The minimum Gasteiger partial charge on any atom is -0.252 e. The van der Waals surface area contributed by atoms with E-state index < -0.39 is 0 Å². The molecule has 1 unspecified atom stereocenters. The topological polar surface area (TPSA) is 12.4 Å². The molecule has 3 aromatic carbocycles. The second-order valence-electron chi connectivity index (χ2n) is 5.92. The van der Waals surface area contributed by atoms with E-state index >= 15 is 0 Å². The Bertz CT molecular complexity index is 868. The highest BCUT2D eigenvalue weighted by molar-refractivity contribution is 6.32. The van der Waals surface area contributed by atoms with Gasteiger partial charge < -0.3 is 0 Å². The van der Waals surface area contributed by atoms with E-state index in [-0.39, 0.29) is 5.92 Å². The third-order valence-corrected chi connectivity index (χ3v) is 4.35. The number of aliphatic imine (C=N–C) groups is 1. The first-order valence-corrected chi connectivity index (χ1v) is 7.88. The number of fused-ring (bicyclic) bond motifs is 1. The Kier molecular flexibility index (Phi) is 3.59. The summed E-state index contributed by atoms with van der Waals surface area (Å²) in [4.78, 5) is 4.90. The lowest BCUT2D eigenvalue weighted by molar-refractivity contribution is 0.897. The molecular weight excluding hydrogens is 277 g/mol. The van der Waals surface area contributed by atoms with Crippen LogP contribution in [0.25, 0.3) is 0 Å². The number of hydrogen-bond acceptors (Lipinski definition) is 1. The fraction of sp³-hybridized carbons (Fsp3) is 0.0952. The summed E-state index contributed by atoms with van der Waals surface area (Å²) in [5.74, 6) is 0.274. The molecule has 0 aromatic heterocycles. The second kappa shape index (κ2) is 5.88. The largest absolute Gasteiger partial charge is 0.252 e. The van der Waals surface area contributed by atoms with Crippen LogP contribution in [0.2, 0.25) is 0 Å². The molecule has 1 heterocycles. The Morgan fingerprint density at radius 1 is 0.826 bits per heavy atom. The first-order valence-electron chi connectivity index (χ1n) is 7.88. The molecule has 0 N–H and O–H groups in total. The summed E-state index contributed by atoms with van der Waals surface area (Å²) in [5, 5.41) is 0. The highest BCUT2D eigenvalue weighted by atomic mass is 14.8. The molecule has 0 amide bonds. The Morgan fingerprint density at radius 3 is 2.43 bits per heavy atom. The molecule has 1 nitrogen and oxygen atoms in total. The van der Waals surface area contributed by atoms with E-state index in [2.05, 4.69) is 54.6 Å². The van der Waals surface area contributed by atoms with Crippen LogP contribution in [-0.4, -0.2) is 13.6 Å². The van der Waals surface area contributed by atoms with Gasteiger partial charge in [0.25, 0.3) is 0 Å². The molecule has 4 rings (SSSR count). The maximum atomic E-state index is 5.97. The van der Waals surface area contributed by atoms with Crippen LogP contribution >= 0.6 is 0 Å². The van der Waals surface area contributed by atoms with E-state index in [4.69, 9.17) is 12.8 Å². The highest BCUT2D eigenvalue weighted by Gasteiger charge is 2.28. The highest BCUT2D eigenvalue weighted by Crippen LogP contribution is 2.39. The van der Waals surface area contributed by atoms with Gasteiger partial charge in [0, 0.05) is 5.92 Å². The van der Waals surface area contributed by atoms with Crippen LogP contribution in [0.3, 0.4) is 0 Å². The first-order chi connectivity index (χ1) is 11.3. The minimum absolute atomic E-state index is 0.274. The molecule has 0 bridgehead atoms. The number of hydrogen-bond donors (Lipinski definition) is 0. The Balaban J connectivity index is 1.78. The van der Waals surface area contributed by atoms with Gasteiger partial charge in [0.15, 0.2) is 0 Å². The van der Waals surface area contributed by atoms with Crippen molar-refractivity contribution in [1.29, 1.82) is 0 Å². The maximum absolute atomic E-state index is 5.97. The van der Waals surface area contributed by atoms with E-state index in [1.807, 2.05) is 24.3 Å². The third-order valence-electron chi connectivity index (χ3n) is 4.35. The van der Waals surface area contributed by atoms with Crippen molar-refractivity contribution in [3.05, 3.63) is 95.6 Å². The van der Waals surface area contributed by atoms with Gasteiger partial charge >= 0.3 is 0 Å². The molecule has 3 aromatic rings. The van der Waals surface area contributed by atoms with E-state index in [9.17, 15) is 0 Å². The molecule has 23 heavy (non-hydrogen) atoms. The number of rotatable bonds is 3. The third kappa shape index (κ3) is 2.73. The summed E-state index contributed by atoms with van der Waals surface area (Å²) < 4.78 is 0. The lowest BCUT2D eigenvalue weighted by Gasteiger charge is -2.16. The average molecular weight is 293 g/mol. The van der Waals surface area contributed by atoms with Crippen molar-refractivity contribution in [3.8, 4) is 0 Å². The molecule has 1 aliphatic heterocycles. The van der Waals surface area contributed by atoms with Crippen molar-refractivity contribution >= 4 is 24.7 Å². The monoisotopic (exact) mass is 293 g/mol. The molecule has 0 fully saturated rings. The normalized spacial score (nSPS) is 16.0. The lowest BCUT2D eigenvalue weighted by atomic mass is 9.85. The molecular formula is C21H16BN. The van der Waals surface area contributed by atoms with Gasteiger partial charge in [0.2, 0.25) is 0 Å². The average Bonchev–Trinajstić information content (AvgIpc) is 2.95. The van der Waals surface area contributed by atoms with Crippen LogP contribution in [-0.2, 0) is 6.42 Å². The van der Waals surface area contributed by atoms with Crippen LogP contribution in [0.15, 0.2) is 83.9 Å². The van der Waals surface area contributed by atoms with Gasteiger partial charge in [0.1, 0.15) is 7.85 Å². The predicted octanol–water partition coefficient (Wildman–Crippen LogP) is 3.94. The van der Waals surface area contributed by atoms with Crippen molar-refractivity contribution in [1.82, 2.24) is 0 Å². The number of benzene rings is 3. The molecule has 2 radical (unpaired) electrons. The molecule has 1 atom stereocenters. The molecule has 1 aliphatic rings. The second-order valence-corrected chi connectivity index (χ2v) is 5.92. The van der Waals surface area contributed by atoms with Gasteiger partial charge in [0.05, 0.1) is 11.4 Å². The van der Waals surface area contributed by atoms with Crippen molar-refractivity contribution in [3.63, 3.8) is 0 Å². The van der Waals surface area contributed by atoms with Crippen molar-refractivity contribution in [2.75, 3.05) is 0 Å². The smallest absolute Gasteiger partial charge is 0.113 e. The molecule has 108 valence electrons. The SMILES string of the molecule is [B]c1cccc(C2=Nc3ccccc3C2Cc2ccccc2)c1. The van der Waals surface area contributed by atoms with Gasteiger partial charge in [-0.05, 0) is 29.2 Å². The van der Waals surface area contributed by atoms with Gasteiger partial charge in [-0.25, -0.2) is 0 Å². The Morgan fingerprint density at radius 2 is 1.61 bits per heavy atom. The summed E-state index contributed by atoms with van der Waals surface area (Å²) in [6.45, 7) is 0. The van der Waals surface area contributed by atoms with Crippen LogP contribution in [0.1, 0.15) is 22.6 Å². The Labute approximate surface area is 138 Å². The van der Waals surface area contributed by atoms with Crippen LogP contribution in [0.4, 0.5) is 5.69 Å². The Hall–Kier alpha value is -2.61. The van der Waals surface area contributed by atoms with Crippen molar-refractivity contribution in [2.45, 2.75) is 12.3 Å². The molecule has 0 saturated carbocycles. The standard InChI is InChI=1S/C21H16BN/c22-17-10-6-9-16(14-17)21-19(13-15-7-2-1-3-8-15)18-11-4-5-12-20(18)23-21/h1-12,14,19H,13H2. The maximum Gasteiger partial charge on any atom is 0.113 e. The summed E-state index contributed by atoms with van der Waals surface area (Å²) in [7, 11) is 5.97. The summed E-state index contributed by atoms with van der Waals surface area (Å²) in [6.07, 6.45) is 0.950. The molecule has 0 spiro atoms. The number of para-hydroxylation sites is 1. The predicted molar refractivity (Wildman–Crippen MR) is 97.4 cm³/mol. The van der Waals surface area contributed by atoms with E-state index in [0.29, 0.717) is 0 Å². The summed E-state index contributed by atoms with van der Waals surface area (Å²) in [5.41, 5.74) is 6.70. The molecule has 0 aliphatic carbocycles. The zero-order chi connectivity index (χ0) is 15.6. The van der Waals surface area contributed by atoms with Crippen LogP contribution in [0, 0.1) is 0 Å². The van der Waals surface area contributed by atoms with Crippen molar-refractivity contribution < 1.29 is 0 Å². The first kappa shape index (κ1) is 14.0. The number of nitrogens with zero attached hydrogens (tertiary/aromatic N) is 1. The van der Waals surface area contributed by atoms with E-state index in [0.717, 1.165) is 28.8 Å². The minimum atomic E-state index is 0.274. The molecule has 0 saturated heterocycles. The van der Waals surface area contributed by atoms with E-state index in [1.54, 1.807) is 0 Å². The van der Waals surface area contributed by atoms with Crippen molar-refractivity contribution in [2.24, 2.45) is 4.99 Å². The fourth-order valence-electron chi connectivity index (χ4n) is 3.26. The quantitative estimate of drug-likeness (QED) is 0.649. The summed E-state index contributed by atoms with van der Waals surface area (Å²) in [6, 6.07) is 27.0. The molecule has 2 heteroatoms. The van der Waals surface area contributed by atoms with Gasteiger partial charge in [-0.2, -0.15) is 0 Å². The lowest BCUT2D eigenvalue weighted by Crippen LogP contribution is -2.15. The zero-order valence-corrected chi connectivity index (χ0v) is 12.8.